The lowest BCUT2D eigenvalue weighted by Gasteiger charge is -2.39. The van der Waals surface area contributed by atoms with Gasteiger partial charge < -0.3 is 20.3 Å². The molecule has 3 N–H and O–H groups in total. The molecule has 1 aliphatic rings. The number of ether oxygens (including phenoxy) is 1. The molecule has 0 aliphatic carbocycles. The predicted molar refractivity (Wildman–Crippen MR) is 51.7 cm³/mol. The molecule has 1 aliphatic heterocycles. The van der Waals surface area contributed by atoms with Crippen LogP contribution in [0.4, 0.5) is 0 Å². The van der Waals surface area contributed by atoms with E-state index in [0.29, 0.717) is 5.75 Å². The second-order valence-electron chi connectivity index (χ2n) is 3.81. The van der Waals surface area contributed by atoms with Crippen LogP contribution in [-0.2, 0) is 0 Å². The Bertz CT molecular complexity index is 347. The first-order valence-corrected chi connectivity index (χ1v) is 4.51. The number of phenols is 2. The summed E-state index contributed by atoms with van der Waals surface area (Å²) in [5, 5.41) is 21.6. The molecular formula is C10H13NO3. The molecule has 0 spiro atoms. The van der Waals surface area contributed by atoms with Crippen LogP contribution >= 0.6 is 0 Å². The van der Waals surface area contributed by atoms with Crippen molar-refractivity contribution in [2.24, 2.45) is 0 Å². The fourth-order valence-electron chi connectivity index (χ4n) is 1.41. The first-order valence-electron chi connectivity index (χ1n) is 4.51. The second-order valence-corrected chi connectivity index (χ2v) is 3.81. The van der Waals surface area contributed by atoms with Crippen molar-refractivity contribution in [2.75, 3.05) is 13.1 Å². The molecule has 0 saturated carbocycles. The van der Waals surface area contributed by atoms with Crippen LogP contribution in [0.15, 0.2) is 18.2 Å². The summed E-state index contributed by atoms with van der Waals surface area (Å²) in [6.07, 6.45) is 0. The lowest BCUT2D eigenvalue weighted by atomic mass is 10.00. The summed E-state index contributed by atoms with van der Waals surface area (Å²) >= 11 is 0. The lowest BCUT2D eigenvalue weighted by molar-refractivity contribution is 0.0323. The molecule has 76 valence electrons. The zero-order valence-electron chi connectivity index (χ0n) is 7.95. The van der Waals surface area contributed by atoms with Crippen molar-refractivity contribution >= 4 is 0 Å². The van der Waals surface area contributed by atoms with E-state index in [1.54, 1.807) is 6.07 Å². The van der Waals surface area contributed by atoms with Gasteiger partial charge in [-0.05, 0) is 19.1 Å². The van der Waals surface area contributed by atoms with Gasteiger partial charge in [-0.2, -0.15) is 0 Å². The third-order valence-electron chi connectivity index (χ3n) is 2.30. The fourth-order valence-corrected chi connectivity index (χ4v) is 1.41. The smallest absolute Gasteiger partial charge is 0.162 e. The fraction of sp³-hybridized carbons (Fsp3) is 0.400. The van der Waals surface area contributed by atoms with Crippen LogP contribution in [0.1, 0.15) is 6.92 Å². The molecule has 1 heterocycles. The van der Waals surface area contributed by atoms with Crippen LogP contribution in [0.3, 0.4) is 0 Å². The van der Waals surface area contributed by atoms with E-state index in [9.17, 15) is 5.11 Å². The third kappa shape index (κ3) is 1.61. The minimum Gasteiger partial charge on any atom is -0.508 e. The maximum absolute atomic E-state index is 9.47. The Labute approximate surface area is 82.1 Å². The van der Waals surface area contributed by atoms with Crippen molar-refractivity contribution in [1.82, 2.24) is 5.32 Å². The van der Waals surface area contributed by atoms with Gasteiger partial charge in [-0.3, -0.25) is 0 Å². The molecule has 4 heteroatoms. The molecule has 1 aromatic rings. The molecular weight excluding hydrogens is 182 g/mol. The highest BCUT2D eigenvalue weighted by Crippen LogP contribution is 2.33. The summed E-state index contributed by atoms with van der Waals surface area (Å²) in [6.45, 7) is 3.51. The van der Waals surface area contributed by atoms with E-state index < -0.39 is 0 Å². The van der Waals surface area contributed by atoms with E-state index in [0.717, 1.165) is 13.1 Å². The number of benzene rings is 1. The summed E-state index contributed by atoms with van der Waals surface area (Å²) < 4.78 is 5.60. The van der Waals surface area contributed by atoms with Crippen molar-refractivity contribution in [3.8, 4) is 17.2 Å². The Morgan fingerprint density at radius 2 is 2.07 bits per heavy atom. The van der Waals surface area contributed by atoms with Crippen LogP contribution in [0.5, 0.6) is 17.2 Å². The van der Waals surface area contributed by atoms with Gasteiger partial charge in [0, 0.05) is 19.2 Å². The molecule has 4 nitrogen and oxygen atoms in total. The third-order valence-corrected chi connectivity index (χ3v) is 2.30. The molecule has 2 rings (SSSR count). The lowest BCUT2D eigenvalue weighted by Crippen LogP contribution is -2.61. The molecule has 0 aromatic heterocycles. The van der Waals surface area contributed by atoms with Crippen LogP contribution in [0.2, 0.25) is 0 Å². The normalized spacial score (nSPS) is 18.6. The summed E-state index contributed by atoms with van der Waals surface area (Å²) in [5.74, 6) is 0.414. The van der Waals surface area contributed by atoms with E-state index in [1.165, 1.54) is 12.1 Å². The van der Waals surface area contributed by atoms with Crippen molar-refractivity contribution in [3.05, 3.63) is 18.2 Å². The highest BCUT2D eigenvalue weighted by Gasteiger charge is 2.34. The molecule has 0 bridgehead atoms. The molecule has 0 unspecified atom stereocenters. The Morgan fingerprint density at radius 3 is 2.57 bits per heavy atom. The standard InChI is InChI=1S/C10H13NO3/c1-10(5-11-6-10)14-9-3-2-7(12)4-8(9)13/h2-4,11-13H,5-6H2,1H3. The zero-order valence-corrected chi connectivity index (χ0v) is 7.95. The first kappa shape index (κ1) is 9.15. The van der Waals surface area contributed by atoms with Crippen LogP contribution in [0, 0.1) is 0 Å². The van der Waals surface area contributed by atoms with E-state index in [2.05, 4.69) is 5.32 Å². The monoisotopic (exact) mass is 195 g/mol. The number of hydrogen-bond donors (Lipinski definition) is 3. The van der Waals surface area contributed by atoms with Crippen LogP contribution in [0.25, 0.3) is 0 Å². The molecule has 0 atom stereocenters. The highest BCUT2D eigenvalue weighted by atomic mass is 16.5. The number of nitrogens with one attached hydrogen (secondary N) is 1. The first-order chi connectivity index (χ1) is 6.59. The van der Waals surface area contributed by atoms with E-state index in [1.807, 2.05) is 6.92 Å². The predicted octanol–water partition coefficient (Wildman–Crippen LogP) is 0.839. The molecule has 0 amide bonds. The Kier molecular flexibility index (Phi) is 2.00. The number of rotatable bonds is 2. The van der Waals surface area contributed by atoms with Gasteiger partial charge in [-0.1, -0.05) is 0 Å². The molecule has 1 fully saturated rings. The maximum Gasteiger partial charge on any atom is 0.162 e. The zero-order chi connectivity index (χ0) is 10.2. The van der Waals surface area contributed by atoms with Crippen LogP contribution in [-0.4, -0.2) is 28.9 Å². The minimum absolute atomic E-state index is 0.0295. The van der Waals surface area contributed by atoms with Gasteiger partial charge in [0.2, 0.25) is 0 Å². The van der Waals surface area contributed by atoms with Crippen molar-refractivity contribution < 1.29 is 14.9 Å². The Balaban J connectivity index is 2.16. The minimum atomic E-state index is -0.242. The quantitative estimate of drug-likeness (QED) is 0.654. The second kappa shape index (κ2) is 3.06. The molecule has 0 radical (unpaired) electrons. The van der Waals surface area contributed by atoms with Gasteiger partial charge in [0.1, 0.15) is 11.4 Å². The van der Waals surface area contributed by atoms with Gasteiger partial charge in [-0.25, -0.2) is 0 Å². The molecule has 1 saturated heterocycles. The summed E-state index contributed by atoms with van der Waals surface area (Å²) in [7, 11) is 0. The van der Waals surface area contributed by atoms with Crippen LogP contribution < -0.4 is 10.1 Å². The summed E-state index contributed by atoms with van der Waals surface area (Å²) in [4.78, 5) is 0. The largest absolute Gasteiger partial charge is 0.508 e. The highest BCUT2D eigenvalue weighted by molar-refractivity contribution is 5.44. The van der Waals surface area contributed by atoms with Gasteiger partial charge in [-0.15, -0.1) is 0 Å². The summed E-state index contributed by atoms with van der Waals surface area (Å²) in [6, 6.07) is 4.32. The van der Waals surface area contributed by atoms with E-state index in [4.69, 9.17) is 9.84 Å². The van der Waals surface area contributed by atoms with Gasteiger partial charge in [0.25, 0.3) is 0 Å². The van der Waals surface area contributed by atoms with E-state index in [-0.39, 0.29) is 17.1 Å². The molecule has 14 heavy (non-hydrogen) atoms. The van der Waals surface area contributed by atoms with Crippen molar-refractivity contribution in [3.63, 3.8) is 0 Å². The van der Waals surface area contributed by atoms with Gasteiger partial charge in [0.05, 0.1) is 0 Å². The van der Waals surface area contributed by atoms with E-state index >= 15 is 0 Å². The maximum atomic E-state index is 9.47. The Morgan fingerprint density at radius 1 is 1.36 bits per heavy atom. The molecule has 1 aromatic carbocycles. The number of hydrogen-bond acceptors (Lipinski definition) is 4. The summed E-state index contributed by atoms with van der Waals surface area (Å²) in [5.41, 5.74) is -0.242. The van der Waals surface area contributed by atoms with Crippen molar-refractivity contribution in [1.29, 1.82) is 0 Å². The number of aromatic hydroxyl groups is 2. The topological polar surface area (TPSA) is 61.7 Å². The average Bonchev–Trinajstić information content (AvgIpc) is 2.07. The van der Waals surface area contributed by atoms with Gasteiger partial charge in [0.15, 0.2) is 11.5 Å². The Hall–Kier alpha value is -1.42. The van der Waals surface area contributed by atoms with Gasteiger partial charge >= 0.3 is 0 Å². The SMILES string of the molecule is CC1(Oc2ccc(O)cc2O)CNC1. The number of phenolic OH excluding ortho intramolecular Hbond substituents is 2. The van der Waals surface area contributed by atoms with Crippen molar-refractivity contribution in [2.45, 2.75) is 12.5 Å². The average molecular weight is 195 g/mol.